The molecule has 1 aromatic heterocycles. The zero-order chi connectivity index (χ0) is 11.5. The first-order chi connectivity index (χ1) is 7.70. The number of nitrogens with zero attached hydrogens (tertiary/aromatic N) is 3. The van der Waals surface area contributed by atoms with Crippen molar-refractivity contribution >= 4 is 22.6 Å². The van der Waals surface area contributed by atoms with Crippen molar-refractivity contribution in [2.24, 2.45) is 0 Å². The van der Waals surface area contributed by atoms with Gasteiger partial charge in [-0.25, -0.2) is 4.68 Å². The third-order valence-corrected chi connectivity index (χ3v) is 2.96. The molecule has 0 saturated heterocycles. The van der Waals surface area contributed by atoms with E-state index in [1.54, 1.807) is 0 Å². The molecule has 0 aliphatic carbocycles. The summed E-state index contributed by atoms with van der Waals surface area (Å²) in [6, 6.07) is 10.1. The van der Waals surface area contributed by atoms with Crippen LogP contribution >= 0.6 is 22.6 Å². The van der Waals surface area contributed by atoms with Crippen LogP contribution in [0.2, 0.25) is 0 Å². The highest BCUT2D eigenvalue weighted by Crippen LogP contribution is 2.17. The lowest BCUT2D eigenvalue weighted by Crippen LogP contribution is -1.95. The Morgan fingerprint density at radius 3 is 2.56 bits per heavy atom. The molecule has 0 spiro atoms. The maximum Gasteiger partial charge on any atom is 0.0700 e. The molecule has 4 heteroatoms. The molecule has 1 atom stereocenters. The van der Waals surface area contributed by atoms with Crippen molar-refractivity contribution in [1.29, 1.82) is 5.26 Å². The van der Waals surface area contributed by atoms with Gasteiger partial charge in [-0.15, -0.1) is 0 Å². The predicted molar refractivity (Wildman–Crippen MR) is 70.3 cm³/mol. The molecule has 3 nitrogen and oxygen atoms in total. The summed E-state index contributed by atoms with van der Waals surface area (Å²) in [6.07, 6.45) is 3.77. The fraction of sp³-hybridized carbons (Fsp3) is 0.167. The average molecular weight is 323 g/mol. The number of rotatable bonds is 2. The molecule has 16 heavy (non-hydrogen) atoms. The molecular formula is C12H10IN3. The third-order valence-electron chi connectivity index (χ3n) is 2.40. The minimum atomic E-state index is -0.0631. The standard InChI is InChI=1S/C12H10IN3/c1-9(6-14)10-2-4-12(5-3-10)16-8-11(13)7-15-16/h2-5,7-9H,1H3. The topological polar surface area (TPSA) is 41.6 Å². The lowest BCUT2D eigenvalue weighted by molar-refractivity contribution is 0.877. The van der Waals surface area contributed by atoms with E-state index in [0.29, 0.717) is 0 Å². The Kier molecular flexibility index (Phi) is 3.25. The van der Waals surface area contributed by atoms with Crippen LogP contribution < -0.4 is 0 Å². The van der Waals surface area contributed by atoms with Gasteiger partial charge in [-0.3, -0.25) is 0 Å². The highest BCUT2D eigenvalue weighted by Gasteiger charge is 2.04. The van der Waals surface area contributed by atoms with Gasteiger partial charge in [0.1, 0.15) is 0 Å². The van der Waals surface area contributed by atoms with Crippen LogP contribution in [-0.4, -0.2) is 9.78 Å². The predicted octanol–water partition coefficient (Wildman–Crippen LogP) is 3.10. The van der Waals surface area contributed by atoms with Crippen molar-refractivity contribution in [3.8, 4) is 11.8 Å². The normalized spacial score (nSPS) is 12.1. The minimum Gasteiger partial charge on any atom is -0.240 e. The van der Waals surface area contributed by atoms with Crippen LogP contribution in [0.4, 0.5) is 0 Å². The molecule has 0 saturated carbocycles. The van der Waals surface area contributed by atoms with Crippen LogP contribution in [0.1, 0.15) is 18.4 Å². The van der Waals surface area contributed by atoms with E-state index in [4.69, 9.17) is 5.26 Å². The molecule has 1 aromatic carbocycles. The van der Waals surface area contributed by atoms with Gasteiger partial charge in [-0.1, -0.05) is 12.1 Å². The van der Waals surface area contributed by atoms with Gasteiger partial charge in [0.05, 0.1) is 27.4 Å². The molecule has 1 heterocycles. The number of aromatic nitrogens is 2. The van der Waals surface area contributed by atoms with Gasteiger partial charge < -0.3 is 0 Å². The zero-order valence-corrected chi connectivity index (χ0v) is 10.9. The Morgan fingerprint density at radius 1 is 1.38 bits per heavy atom. The van der Waals surface area contributed by atoms with E-state index >= 15 is 0 Å². The fourth-order valence-corrected chi connectivity index (χ4v) is 1.82. The van der Waals surface area contributed by atoms with Crippen molar-refractivity contribution in [1.82, 2.24) is 9.78 Å². The Bertz CT molecular complexity index is 522. The van der Waals surface area contributed by atoms with Gasteiger partial charge in [0.25, 0.3) is 0 Å². The molecular weight excluding hydrogens is 313 g/mol. The SMILES string of the molecule is CC(C#N)c1ccc(-n2cc(I)cn2)cc1. The second-order valence-electron chi connectivity index (χ2n) is 3.55. The van der Waals surface area contributed by atoms with E-state index in [-0.39, 0.29) is 5.92 Å². The van der Waals surface area contributed by atoms with E-state index in [0.717, 1.165) is 14.8 Å². The molecule has 80 valence electrons. The van der Waals surface area contributed by atoms with Gasteiger partial charge in [0.15, 0.2) is 0 Å². The summed E-state index contributed by atoms with van der Waals surface area (Å²) in [5, 5.41) is 13.0. The van der Waals surface area contributed by atoms with Gasteiger partial charge in [-0.05, 0) is 47.2 Å². The van der Waals surface area contributed by atoms with Gasteiger partial charge >= 0.3 is 0 Å². The quantitative estimate of drug-likeness (QED) is 0.797. The first-order valence-corrected chi connectivity index (χ1v) is 5.98. The van der Waals surface area contributed by atoms with Gasteiger partial charge in [0.2, 0.25) is 0 Å². The van der Waals surface area contributed by atoms with E-state index in [9.17, 15) is 0 Å². The Morgan fingerprint density at radius 2 is 2.06 bits per heavy atom. The zero-order valence-electron chi connectivity index (χ0n) is 8.76. The number of hydrogen-bond acceptors (Lipinski definition) is 2. The van der Waals surface area contributed by atoms with Crippen LogP contribution in [0.3, 0.4) is 0 Å². The molecule has 0 aliphatic heterocycles. The van der Waals surface area contributed by atoms with Crippen LogP contribution in [0.25, 0.3) is 5.69 Å². The number of halogens is 1. The summed E-state index contributed by atoms with van der Waals surface area (Å²) in [6.45, 7) is 1.89. The van der Waals surface area contributed by atoms with Gasteiger partial charge in [-0.2, -0.15) is 10.4 Å². The molecule has 0 fully saturated rings. The number of benzene rings is 1. The average Bonchev–Trinajstić information content (AvgIpc) is 2.75. The van der Waals surface area contributed by atoms with Crippen molar-refractivity contribution in [3.63, 3.8) is 0 Å². The monoisotopic (exact) mass is 323 g/mol. The minimum absolute atomic E-state index is 0.0631. The van der Waals surface area contributed by atoms with E-state index in [1.807, 2.05) is 48.3 Å². The van der Waals surface area contributed by atoms with Crippen LogP contribution in [0, 0.1) is 14.9 Å². The molecule has 0 N–H and O–H groups in total. The smallest absolute Gasteiger partial charge is 0.0700 e. The number of hydrogen-bond donors (Lipinski definition) is 0. The Balaban J connectivity index is 2.30. The van der Waals surface area contributed by atoms with Crippen LogP contribution in [-0.2, 0) is 0 Å². The summed E-state index contributed by atoms with van der Waals surface area (Å²) in [4.78, 5) is 0. The molecule has 2 rings (SSSR count). The summed E-state index contributed by atoms with van der Waals surface area (Å²) < 4.78 is 2.93. The van der Waals surface area contributed by atoms with E-state index < -0.39 is 0 Å². The number of nitriles is 1. The van der Waals surface area contributed by atoms with E-state index in [1.165, 1.54) is 0 Å². The molecule has 1 unspecified atom stereocenters. The fourth-order valence-electron chi connectivity index (χ4n) is 1.43. The van der Waals surface area contributed by atoms with Crippen molar-refractivity contribution in [2.75, 3.05) is 0 Å². The highest BCUT2D eigenvalue weighted by molar-refractivity contribution is 14.1. The van der Waals surface area contributed by atoms with Crippen LogP contribution in [0.5, 0.6) is 0 Å². The summed E-state index contributed by atoms with van der Waals surface area (Å²) in [5.41, 5.74) is 2.05. The molecule has 2 aromatic rings. The van der Waals surface area contributed by atoms with Gasteiger partial charge in [0, 0.05) is 6.20 Å². The highest BCUT2D eigenvalue weighted by atomic mass is 127. The molecule has 0 radical (unpaired) electrons. The Hall–Kier alpha value is -1.35. The first kappa shape index (κ1) is 11.1. The van der Waals surface area contributed by atoms with Crippen molar-refractivity contribution in [2.45, 2.75) is 12.8 Å². The lowest BCUT2D eigenvalue weighted by atomic mass is 10.0. The lowest BCUT2D eigenvalue weighted by Gasteiger charge is -2.05. The Labute approximate surface area is 108 Å². The summed E-state index contributed by atoms with van der Waals surface area (Å²) >= 11 is 2.22. The largest absolute Gasteiger partial charge is 0.240 e. The third kappa shape index (κ3) is 2.25. The van der Waals surface area contributed by atoms with E-state index in [2.05, 4.69) is 33.8 Å². The second-order valence-corrected chi connectivity index (χ2v) is 4.79. The molecule has 0 aliphatic rings. The first-order valence-electron chi connectivity index (χ1n) is 4.91. The molecule has 0 amide bonds. The second kappa shape index (κ2) is 4.66. The summed E-state index contributed by atoms with van der Waals surface area (Å²) in [5.74, 6) is -0.0631. The summed E-state index contributed by atoms with van der Waals surface area (Å²) in [7, 11) is 0. The maximum atomic E-state index is 8.81. The molecule has 0 bridgehead atoms. The van der Waals surface area contributed by atoms with Crippen LogP contribution in [0.15, 0.2) is 36.7 Å². The van der Waals surface area contributed by atoms with Crippen molar-refractivity contribution in [3.05, 3.63) is 45.8 Å². The maximum absolute atomic E-state index is 8.81. The van der Waals surface area contributed by atoms with Crippen molar-refractivity contribution < 1.29 is 0 Å².